The molecule has 3 rings (SSSR count). The van der Waals surface area contributed by atoms with Crippen molar-refractivity contribution in [3.63, 3.8) is 0 Å². The molecule has 0 saturated heterocycles. The lowest BCUT2D eigenvalue weighted by molar-refractivity contribution is 0.296. The van der Waals surface area contributed by atoms with E-state index in [9.17, 15) is 0 Å². The van der Waals surface area contributed by atoms with Crippen molar-refractivity contribution in [3.8, 4) is 5.75 Å². The summed E-state index contributed by atoms with van der Waals surface area (Å²) in [6.45, 7) is 1.62. The highest BCUT2D eigenvalue weighted by atomic mass is 35.5. The second-order valence-corrected chi connectivity index (χ2v) is 5.71. The smallest absolute Gasteiger partial charge is 0.122 e. The van der Waals surface area contributed by atoms with E-state index >= 15 is 0 Å². The van der Waals surface area contributed by atoms with Gasteiger partial charge in [-0.3, -0.25) is 0 Å². The quantitative estimate of drug-likeness (QED) is 0.872. The van der Waals surface area contributed by atoms with Crippen LogP contribution in [0.15, 0.2) is 18.2 Å². The first kappa shape index (κ1) is 11.4. The normalized spacial score (nSPS) is 26.9. The van der Waals surface area contributed by atoms with Gasteiger partial charge in [0, 0.05) is 5.02 Å². The van der Waals surface area contributed by atoms with Gasteiger partial charge in [-0.25, -0.2) is 0 Å². The lowest BCUT2D eigenvalue weighted by Crippen LogP contribution is -2.04. The Morgan fingerprint density at radius 3 is 2.82 bits per heavy atom. The summed E-state index contributed by atoms with van der Waals surface area (Å²) in [4.78, 5) is 0. The first-order chi connectivity index (χ1) is 8.28. The number of nitrogens with two attached hydrogens (primary N) is 1. The fraction of sp³-hybridized carbons (Fsp3) is 0.571. The number of hydrogen-bond donors (Lipinski definition) is 1. The molecular weight excluding hydrogens is 234 g/mol. The van der Waals surface area contributed by atoms with Crippen LogP contribution in [-0.4, -0.2) is 13.2 Å². The third-order valence-corrected chi connectivity index (χ3v) is 4.00. The van der Waals surface area contributed by atoms with E-state index in [2.05, 4.69) is 0 Å². The Kier molecular flexibility index (Phi) is 3.01. The maximum absolute atomic E-state index is 6.07. The molecule has 3 heteroatoms. The predicted octanol–water partition coefficient (Wildman–Crippen LogP) is 3.19. The van der Waals surface area contributed by atoms with Crippen molar-refractivity contribution in [2.75, 3.05) is 13.2 Å². The summed E-state index contributed by atoms with van der Waals surface area (Å²) in [5, 5.41) is 0.793. The van der Waals surface area contributed by atoms with Gasteiger partial charge < -0.3 is 10.5 Å². The predicted molar refractivity (Wildman–Crippen MR) is 69.6 cm³/mol. The lowest BCUT2D eigenvalue weighted by atomic mass is 10.1. The highest BCUT2D eigenvalue weighted by Crippen LogP contribution is 2.50. The Balaban J connectivity index is 1.75. The molecule has 2 N–H and O–H groups in total. The minimum atomic E-state index is 0.563. The minimum Gasteiger partial charge on any atom is -0.493 e. The van der Waals surface area contributed by atoms with Gasteiger partial charge in [0.05, 0.1) is 6.61 Å². The van der Waals surface area contributed by atoms with E-state index in [1.54, 1.807) is 0 Å². The van der Waals surface area contributed by atoms with Crippen LogP contribution in [0.25, 0.3) is 0 Å². The monoisotopic (exact) mass is 251 g/mol. The number of halogens is 1. The van der Waals surface area contributed by atoms with Crippen molar-refractivity contribution >= 4 is 11.6 Å². The zero-order valence-electron chi connectivity index (χ0n) is 9.86. The fourth-order valence-corrected chi connectivity index (χ4v) is 2.50. The van der Waals surface area contributed by atoms with E-state index < -0.39 is 0 Å². The highest BCUT2D eigenvalue weighted by molar-refractivity contribution is 6.30. The van der Waals surface area contributed by atoms with Gasteiger partial charge in [0.1, 0.15) is 5.75 Å². The molecule has 2 aliphatic carbocycles. The van der Waals surface area contributed by atoms with Crippen molar-refractivity contribution in [2.45, 2.75) is 25.2 Å². The van der Waals surface area contributed by atoms with Crippen LogP contribution in [0.2, 0.25) is 5.02 Å². The zero-order valence-corrected chi connectivity index (χ0v) is 10.6. The molecule has 0 spiro atoms. The van der Waals surface area contributed by atoms with E-state index in [0.717, 1.165) is 29.8 Å². The summed E-state index contributed by atoms with van der Waals surface area (Å²) in [7, 11) is 0. The summed E-state index contributed by atoms with van der Waals surface area (Å²) < 4.78 is 5.91. The molecule has 2 fully saturated rings. The maximum atomic E-state index is 6.07. The van der Waals surface area contributed by atoms with E-state index in [1.807, 2.05) is 18.2 Å². The van der Waals surface area contributed by atoms with Crippen molar-refractivity contribution < 1.29 is 4.74 Å². The first-order valence-corrected chi connectivity index (χ1v) is 6.78. The molecule has 0 unspecified atom stereocenters. The van der Waals surface area contributed by atoms with Gasteiger partial charge in [-0.2, -0.15) is 0 Å². The first-order valence-electron chi connectivity index (χ1n) is 6.40. The fourth-order valence-electron chi connectivity index (χ4n) is 2.32. The topological polar surface area (TPSA) is 35.2 Å². The van der Waals surface area contributed by atoms with E-state index in [4.69, 9.17) is 22.1 Å². The second kappa shape index (κ2) is 4.51. The van der Waals surface area contributed by atoms with Crippen molar-refractivity contribution in [1.29, 1.82) is 0 Å². The molecular formula is C14H18ClNO. The number of ether oxygens (including phenoxy) is 1. The van der Waals surface area contributed by atoms with Crippen molar-refractivity contribution in [1.82, 2.24) is 0 Å². The molecule has 0 radical (unpaired) electrons. The van der Waals surface area contributed by atoms with Gasteiger partial charge in [0.15, 0.2) is 0 Å². The van der Waals surface area contributed by atoms with E-state index in [-0.39, 0.29) is 0 Å². The van der Waals surface area contributed by atoms with Crippen molar-refractivity contribution in [2.24, 2.45) is 17.6 Å². The van der Waals surface area contributed by atoms with Crippen LogP contribution in [0.4, 0.5) is 0 Å². The van der Waals surface area contributed by atoms with Crippen LogP contribution < -0.4 is 10.5 Å². The average Bonchev–Trinajstić information content (AvgIpc) is 3.21. The van der Waals surface area contributed by atoms with Crippen LogP contribution in [0.3, 0.4) is 0 Å². The Bertz CT molecular complexity index is 417. The Morgan fingerprint density at radius 2 is 2.18 bits per heavy atom. The summed E-state index contributed by atoms with van der Waals surface area (Å²) in [6, 6.07) is 5.96. The lowest BCUT2D eigenvalue weighted by Gasteiger charge is -2.11. The van der Waals surface area contributed by atoms with Crippen LogP contribution in [0.5, 0.6) is 5.75 Å². The molecule has 1 aromatic rings. The van der Waals surface area contributed by atoms with Crippen LogP contribution in [0.1, 0.15) is 30.7 Å². The number of rotatable bonds is 5. The van der Waals surface area contributed by atoms with Gasteiger partial charge in [0.25, 0.3) is 0 Å². The van der Waals surface area contributed by atoms with Gasteiger partial charge in [-0.15, -0.1) is 0 Å². The molecule has 2 nitrogen and oxygen atoms in total. The maximum Gasteiger partial charge on any atom is 0.122 e. The molecule has 2 aliphatic rings. The number of hydrogen-bond acceptors (Lipinski definition) is 2. The Labute approximate surface area is 107 Å². The van der Waals surface area contributed by atoms with Crippen LogP contribution >= 0.6 is 11.6 Å². The molecule has 0 heterocycles. The molecule has 0 amide bonds. The minimum absolute atomic E-state index is 0.563. The number of benzene rings is 1. The van der Waals surface area contributed by atoms with Gasteiger partial charge >= 0.3 is 0 Å². The largest absolute Gasteiger partial charge is 0.493 e. The van der Waals surface area contributed by atoms with Gasteiger partial charge in [-0.1, -0.05) is 11.6 Å². The molecule has 2 saturated carbocycles. The molecule has 92 valence electrons. The Hall–Kier alpha value is -0.730. The van der Waals surface area contributed by atoms with E-state index in [0.29, 0.717) is 11.8 Å². The van der Waals surface area contributed by atoms with Gasteiger partial charge in [-0.05, 0) is 67.3 Å². The van der Waals surface area contributed by atoms with Gasteiger partial charge in [0.2, 0.25) is 0 Å². The van der Waals surface area contributed by atoms with Crippen LogP contribution in [-0.2, 0) is 0 Å². The molecule has 0 bridgehead atoms. The summed E-state index contributed by atoms with van der Waals surface area (Å²) in [5.41, 5.74) is 6.97. The summed E-state index contributed by atoms with van der Waals surface area (Å²) in [6.07, 6.45) is 3.81. The SMILES string of the molecule is NC[C@@H]1C[C@H]1c1cc(Cl)ccc1OCC1CC1. The Morgan fingerprint density at radius 1 is 1.35 bits per heavy atom. The second-order valence-electron chi connectivity index (χ2n) is 5.27. The third kappa shape index (κ3) is 2.58. The summed E-state index contributed by atoms with van der Waals surface area (Å²) >= 11 is 6.07. The van der Waals surface area contributed by atoms with Crippen LogP contribution in [0, 0.1) is 11.8 Å². The molecule has 0 aromatic heterocycles. The van der Waals surface area contributed by atoms with E-state index in [1.165, 1.54) is 24.8 Å². The molecule has 0 aliphatic heterocycles. The van der Waals surface area contributed by atoms with Crippen molar-refractivity contribution in [3.05, 3.63) is 28.8 Å². The highest BCUT2D eigenvalue weighted by Gasteiger charge is 2.39. The molecule has 2 atom stereocenters. The average molecular weight is 252 g/mol. The molecule has 17 heavy (non-hydrogen) atoms. The zero-order chi connectivity index (χ0) is 11.8. The molecule has 1 aromatic carbocycles. The standard InChI is InChI=1S/C14H18ClNO/c15-11-3-4-14(17-8-9-1-2-9)13(6-11)12-5-10(12)7-16/h3-4,6,9-10,12H,1-2,5,7-8,16H2/t10-,12+/m0/s1. The summed E-state index contributed by atoms with van der Waals surface area (Å²) in [5.74, 6) is 2.98. The third-order valence-electron chi connectivity index (χ3n) is 3.77.